The van der Waals surface area contributed by atoms with Crippen LogP contribution in [0.1, 0.15) is 35.4 Å². The number of hydrogen-bond donors (Lipinski definition) is 0. The highest BCUT2D eigenvalue weighted by Gasteiger charge is 2.39. The average Bonchev–Trinajstić information content (AvgIpc) is 3.29. The Labute approximate surface area is 141 Å². The van der Waals surface area contributed by atoms with Gasteiger partial charge in [-0.3, -0.25) is 4.79 Å². The van der Waals surface area contributed by atoms with E-state index in [1.54, 1.807) is 6.26 Å². The van der Waals surface area contributed by atoms with Gasteiger partial charge in [0.05, 0.1) is 25.0 Å². The summed E-state index contributed by atoms with van der Waals surface area (Å²) in [6.45, 7) is 1.54. The Kier molecular flexibility index (Phi) is 4.26. The number of nitrogens with zero attached hydrogens (tertiary/aromatic N) is 1. The minimum absolute atomic E-state index is 0.0492. The van der Waals surface area contributed by atoms with Crippen LogP contribution in [0.4, 0.5) is 0 Å². The van der Waals surface area contributed by atoms with Crippen molar-refractivity contribution in [2.45, 2.75) is 38.0 Å². The molecule has 1 aliphatic carbocycles. The second kappa shape index (κ2) is 6.69. The van der Waals surface area contributed by atoms with Crippen LogP contribution in [0.25, 0.3) is 0 Å². The number of ether oxygens (including phenoxy) is 2. The minimum atomic E-state index is -0.0492. The Morgan fingerprint density at radius 2 is 2.08 bits per heavy atom. The molecule has 2 atom stereocenters. The minimum Gasteiger partial charge on any atom is -0.489 e. The van der Waals surface area contributed by atoms with E-state index in [2.05, 4.69) is 0 Å². The number of rotatable bonds is 4. The van der Waals surface area contributed by atoms with Crippen LogP contribution in [0.5, 0.6) is 5.75 Å². The Bertz CT molecular complexity index is 696. The molecule has 2 heterocycles. The van der Waals surface area contributed by atoms with Gasteiger partial charge < -0.3 is 18.8 Å². The van der Waals surface area contributed by atoms with Gasteiger partial charge in [0.2, 0.25) is 0 Å². The summed E-state index contributed by atoms with van der Waals surface area (Å²) < 4.78 is 17.1. The third kappa shape index (κ3) is 2.91. The van der Waals surface area contributed by atoms with Crippen LogP contribution in [0, 0.1) is 0 Å². The quantitative estimate of drug-likeness (QED) is 0.865. The summed E-state index contributed by atoms with van der Waals surface area (Å²) in [5.74, 6) is 1.12. The summed E-state index contributed by atoms with van der Waals surface area (Å²) >= 11 is 0. The van der Waals surface area contributed by atoms with E-state index in [-0.39, 0.29) is 18.1 Å². The number of hydrogen-bond acceptors (Lipinski definition) is 4. The summed E-state index contributed by atoms with van der Waals surface area (Å²) in [5.41, 5.74) is 0.782. The normalized spacial score (nSPS) is 23.1. The predicted octanol–water partition coefficient (Wildman–Crippen LogP) is 3.25. The molecule has 0 radical (unpaired) electrons. The van der Waals surface area contributed by atoms with E-state index in [9.17, 15) is 4.79 Å². The highest BCUT2D eigenvalue weighted by Crippen LogP contribution is 2.31. The summed E-state index contributed by atoms with van der Waals surface area (Å²) in [4.78, 5) is 14.9. The van der Waals surface area contributed by atoms with Gasteiger partial charge in [-0.2, -0.15) is 0 Å². The molecule has 0 bridgehead atoms. The van der Waals surface area contributed by atoms with Crippen LogP contribution in [0.3, 0.4) is 0 Å². The van der Waals surface area contributed by atoms with E-state index in [4.69, 9.17) is 13.9 Å². The molecule has 5 heteroatoms. The van der Waals surface area contributed by atoms with Gasteiger partial charge in [-0.05, 0) is 37.5 Å². The lowest BCUT2D eigenvalue weighted by molar-refractivity contribution is -0.0455. The standard InChI is InChI=1S/C19H21NO4/c21-19(20-10-12-22-17-8-4-7-16(17)20)18-14(9-11-23-18)13-24-15-5-2-1-3-6-15/h1-3,5-6,9,11,16-17H,4,7-8,10,12-13H2. The first-order chi connectivity index (χ1) is 11.8. The monoisotopic (exact) mass is 327 g/mol. The van der Waals surface area contributed by atoms with E-state index < -0.39 is 0 Å². The molecule has 5 nitrogen and oxygen atoms in total. The molecule has 1 saturated heterocycles. The van der Waals surface area contributed by atoms with Crippen molar-refractivity contribution in [2.24, 2.45) is 0 Å². The molecule has 2 aliphatic rings. The molecule has 2 unspecified atom stereocenters. The van der Waals surface area contributed by atoms with Gasteiger partial charge in [0.15, 0.2) is 5.76 Å². The molecule has 24 heavy (non-hydrogen) atoms. The zero-order valence-corrected chi connectivity index (χ0v) is 13.5. The average molecular weight is 327 g/mol. The van der Waals surface area contributed by atoms with Crippen LogP contribution < -0.4 is 4.74 Å². The molecule has 1 aliphatic heterocycles. The maximum Gasteiger partial charge on any atom is 0.290 e. The fourth-order valence-electron chi connectivity index (χ4n) is 3.62. The molecule has 2 fully saturated rings. The lowest BCUT2D eigenvalue weighted by Gasteiger charge is -2.37. The van der Waals surface area contributed by atoms with Gasteiger partial charge in [0.1, 0.15) is 12.4 Å². The Morgan fingerprint density at radius 1 is 1.21 bits per heavy atom. The van der Waals surface area contributed by atoms with Crippen molar-refractivity contribution in [2.75, 3.05) is 13.2 Å². The van der Waals surface area contributed by atoms with Crippen molar-refractivity contribution >= 4 is 5.91 Å². The number of carbonyl (C=O) groups excluding carboxylic acids is 1. The van der Waals surface area contributed by atoms with E-state index in [1.807, 2.05) is 41.3 Å². The molecular weight excluding hydrogens is 306 g/mol. The zero-order valence-electron chi connectivity index (χ0n) is 13.5. The second-order valence-corrected chi connectivity index (χ2v) is 6.28. The largest absolute Gasteiger partial charge is 0.489 e. The Morgan fingerprint density at radius 3 is 2.96 bits per heavy atom. The van der Waals surface area contributed by atoms with Crippen molar-refractivity contribution in [3.63, 3.8) is 0 Å². The topological polar surface area (TPSA) is 51.9 Å². The molecule has 4 rings (SSSR count). The summed E-state index contributed by atoms with van der Waals surface area (Å²) in [5, 5.41) is 0. The number of furan rings is 1. The first-order valence-corrected chi connectivity index (χ1v) is 8.50. The van der Waals surface area contributed by atoms with Crippen LogP contribution in [-0.4, -0.2) is 36.1 Å². The van der Waals surface area contributed by atoms with Crippen LogP contribution in [0.15, 0.2) is 47.1 Å². The van der Waals surface area contributed by atoms with E-state index in [0.29, 0.717) is 25.5 Å². The van der Waals surface area contributed by atoms with Crippen molar-refractivity contribution in [3.05, 3.63) is 54.0 Å². The van der Waals surface area contributed by atoms with E-state index >= 15 is 0 Å². The molecule has 1 aromatic heterocycles. The van der Waals surface area contributed by atoms with E-state index in [1.165, 1.54) is 0 Å². The fraction of sp³-hybridized carbons (Fsp3) is 0.421. The predicted molar refractivity (Wildman–Crippen MR) is 87.9 cm³/mol. The lowest BCUT2D eigenvalue weighted by atomic mass is 10.1. The first-order valence-electron chi connectivity index (χ1n) is 8.50. The van der Waals surface area contributed by atoms with Gasteiger partial charge in [-0.1, -0.05) is 18.2 Å². The smallest absolute Gasteiger partial charge is 0.290 e. The third-order valence-electron chi connectivity index (χ3n) is 4.82. The summed E-state index contributed by atoms with van der Waals surface area (Å²) in [6, 6.07) is 11.6. The fourth-order valence-corrected chi connectivity index (χ4v) is 3.62. The number of fused-ring (bicyclic) bond motifs is 1. The molecule has 1 aromatic carbocycles. The van der Waals surface area contributed by atoms with E-state index in [0.717, 1.165) is 30.6 Å². The van der Waals surface area contributed by atoms with Gasteiger partial charge in [0, 0.05) is 12.1 Å². The second-order valence-electron chi connectivity index (χ2n) is 6.28. The van der Waals surface area contributed by atoms with Gasteiger partial charge >= 0.3 is 0 Å². The highest BCUT2D eigenvalue weighted by molar-refractivity contribution is 5.93. The lowest BCUT2D eigenvalue weighted by Crippen LogP contribution is -2.51. The van der Waals surface area contributed by atoms with Crippen molar-refractivity contribution < 1.29 is 18.7 Å². The van der Waals surface area contributed by atoms with Gasteiger partial charge in [0.25, 0.3) is 5.91 Å². The zero-order chi connectivity index (χ0) is 16.4. The number of para-hydroxylation sites is 1. The third-order valence-corrected chi connectivity index (χ3v) is 4.82. The highest BCUT2D eigenvalue weighted by atomic mass is 16.5. The number of morpholine rings is 1. The van der Waals surface area contributed by atoms with Crippen LogP contribution >= 0.6 is 0 Å². The summed E-state index contributed by atoms with van der Waals surface area (Å²) in [7, 11) is 0. The molecule has 2 aromatic rings. The SMILES string of the molecule is O=C(c1occc1COc1ccccc1)N1CCOC2CCCC21. The Balaban J connectivity index is 1.48. The van der Waals surface area contributed by atoms with Gasteiger partial charge in [-0.25, -0.2) is 0 Å². The molecule has 1 saturated carbocycles. The van der Waals surface area contributed by atoms with Crippen molar-refractivity contribution in [1.82, 2.24) is 4.90 Å². The first kappa shape index (κ1) is 15.3. The maximum atomic E-state index is 13.0. The number of benzene rings is 1. The molecule has 126 valence electrons. The van der Waals surface area contributed by atoms with Crippen LogP contribution in [-0.2, 0) is 11.3 Å². The molecule has 0 N–H and O–H groups in total. The van der Waals surface area contributed by atoms with Crippen molar-refractivity contribution in [1.29, 1.82) is 0 Å². The molecular formula is C19H21NO4. The Hall–Kier alpha value is -2.27. The molecule has 1 amide bonds. The van der Waals surface area contributed by atoms with Crippen molar-refractivity contribution in [3.8, 4) is 5.75 Å². The summed E-state index contributed by atoms with van der Waals surface area (Å²) in [6.07, 6.45) is 4.90. The number of amides is 1. The van der Waals surface area contributed by atoms with Crippen LogP contribution in [0.2, 0.25) is 0 Å². The molecule has 0 spiro atoms. The number of carbonyl (C=O) groups is 1. The maximum absolute atomic E-state index is 13.0. The van der Waals surface area contributed by atoms with Gasteiger partial charge in [-0.15, -0.1) is 0 Å².